The molecule has 1 aromatic heterocycles. The van der Waals surface area contributed by atoms with Gasteiger partial charge in [-0.1, -0.05) is 30.3 Å². The van der Waals surface area contributed by atoms with E-state index < -0.39 is 10.0 Å². The predicted molar refractivity (Wildman–Crippen MR) is 99.0 cm³/mol. The molecule has 3 rings (SSSR count). The number of nitrogens with zero attached hydrogens (tertiary/aromatic N) is 2. The van der Waals surface area contributed by atoms with Gasteiger partial charge in [-0.2, -0.15) is 5.10 Å². The molecule has 0 saturated heterocycles. The Morgan fingerprint density at radius 2 is 1.77 bits per heavy atom. The van der Waals surface area contributed by atoms with Gasteiger partial charge in [0.15, 0.2) is 0 Å². The van der Waals surface area contributed by atoms with Crippen molar-refractivity contribution in [2.24, 2.45) is 7.05 Å². The molecule has 0 amide bonds. The Labute approximate surface area is 152 Å². The summed E-state index contributed by atoms with van der Waals surface area (Å²) in [6.07, 6.45) is 1.47. The van der Waals surface area contributed by atoms with E-state index in [1.165, 1.54) is 25.1 Å². The number of methoxy groups -OCH3 is 2. The summed E-state index contributed by atoms with van der Waals surface area (Å²) in [4.78, 5) is 0.0871. The van der Waals surface area contributed by atoms with Crippen LogP contribution >= 0.6 is 0 Å². The fourth-order valence-electron chi connectivity index (χ4n) is 2.54. The average Bonchev–Trinajstić information content (AvgIpc) is 3.05. The van der Waals surface area contributed by atoms with Gasteiger partial charge in [-0.25, -0.2) is 8.42 Å². The highest BCUT2D eigenvalue weighted by atomic mass is 32.2. The molecule has 0 radical (unpaired) electrons. The summed E-state index contributed by atoms with van der Waals surface area (Å²) in [6, 6.07) is 14.0. The lowest BCUT2D eigenvalue weighted by Gasteiger charge is -2.13. The maximum Gasteiger partial charge on any atom is 0.265 e. The number of benzene rings is 2. The molecule has 0 bridgehead atoms. The topological polar surface area (TPSA) is 82.5 Å². The number of hydrogen-bond acceptors (Lipinski definition) is 5. The maximum absolute atomic E-state index is 13.0. The number of anilines is 1. The molecule has 26 heavy (non-hydrogen) atoms. The van der Waals surface area contributed by atoms with E-state index in [0.717, 1.165) is 5.56 Å². The Morgan fingerprint density at radius 1 is 1.04 bits per heavy atom. The minimum absolute atomic E-state index is 0.0871. The van der Waals surface area contributed by atoms with E-state index in [2.05, 4.69) is 9.82 Å². The third-order valence-corrected chi connectivity index (χ3v) is 5.15. The number of aryl methyl sites for hydroxylation is 1. The number of nitrogens with one attached hydrogen (secondary N) is 1. The van der Waals surface area contributed by atoms with Gasteiger partial charge in [0.05, 0.1) is 19.9 Å². The molecule has 1 N–H and O–H groups in total. The highest BCUT2D eigenvalue weighted by Gasteiger charge is 2.24. The number of sulfonamides is 1. The lowest BCUT2D eigenvalue weighted by Crippen LogP contribution is -2.14. The molecule has 136 valence electrons. The lowest BCUT2D eigenvalue weighted by molar-refractivity contribution is 0.395. The number of rotatable bonds is 6. The van der Waals surface area contributed by atoms with Crippen LogP contribution < -0.4 is 14.2 Å². The lowest BCUT2D eigenvalue weighted by atomic mass is 10.2. The molecule has 0 spiro atoms. The Balaban J connectivity index is 2.03. The van der Waals surface area contributed by atoms with E-state index in [9.17, 15) is 8.42 Å². The van der Waals surface area contributed by atoms with Gasteiger partial charge in [0, 0.05) is 24.9 Å². The van der Waals surface area contributed by atoms with E-state index in [1.54, 1.807) is 25.2 Å². The smallest absolute Gasteiger partial charge is 0.265 e. The highest BCUT2D eigenvalue weighted by molar-refractivity contribution is 7.92. The molecule has 0 saturated carbocycles. The van der Waals surface area contributed by atoms with Crippen molar-refractivity contribution in [3.05, 3.63) is 54.7 Å². The minimum atomic E-state index is -3.88. The van der Waals surface area contributed by atoms with Crippen LogP contribution in [0.2, 0.25) is 0 Å². The van der Waals surface area contributed by atoms with Crippen LogP contribution in [0.3, 0.4) is 0 Å². The molecule has 0 aliphatic rings. The summed E-state index contributed by atoms with van der Waals surface area (Å²) in [5, 5.41) is 4.31. The fourth-order valence-corrected chi connectivity index (χ4v) is 3.81. The average molecular weight is 373 g/mol. The van der Waals surface area contributed by atoms with Crippen LogP contribution in [0.25, 0.3) is 11.3 Å². The van der Waals surface area contributed by atoms with Gasteiger partial charge in [-0.15, -0.1) is 0 Å². The first-order valence-corrected chi connectivity index (χ1v) is 9.27. The maximum atomic E-state index is 13.0. The van der Waals surface area contributed by atoms with Gasteiger partial charge >= 0.3 is 0 Å². The summed E-state index contributed by atoms with van der Waals surface area (Å²) in [6.45, 7) is 0. The van der Waals surface area contributed by atoms with E-state index >= 15 is 0 Å². The number of hydrogen-bond donors (Lipinski definition) is 1. The van der Waals surface area contributed by atoms with Crippen molar-refractivity contribution in [3.8, 4) is 22.8 Å². The van der Waals surface area contributed by atoms with Crippen LogP contribution in [0.4, 0.5) is 5.69 Å². The zero-order chi connectivity index (χ0) is 18.7. The van der Waals surface area contributed by atoms with Gasteiger partial charge in [0.1, 0.15) is 22.1 Å². The Morgan fingerprint density at radius 3 is 2.42 bits per heavy atom. The van der Waals surface area contributed by atoms with Crippen molar-refractivity contribution >= 4 is 15.7 Å². The van der Waals surface area contributed by atoms with E-state index in [4.69, 9.17) is 9.47 Å². The summed E-state index contributed by atoms with van der Waals surface area (Å²) < 4.78 is 40.4. The summed E-state index contributed by atoms with van der Waals surface area (Å²) in [5.74, 6) is 0.925. The van der Waals surface area contributed by atoms with Gasteiger partial charge < -0.3 is 9.47 Å². The normalized spacial score (nSPS) is 11.2. The summed E-state index contributed by atoms with van der Waals surface area (Å²) >= 11 is 0. The standard InChI is InChI=1S/C18H19N3O4S/c1-21-12-17(18(19-21)13-7-5-4-6-8-13)26(22,23)20-15-10-9-14(24-2)11-16(15)25-3/h4-12,20H,1-3H3. The molecule has 3 aromatic rings. The summed E-state index contributed by atoms with van der Waals surface area (Å²) in [5.41, 5.74) is 1.42. The van der Waals surface area contributed by atoms with Crippen molar-refractivity contribution in [1.82, 2.24) is 9.78 Å². The zero-order valence-electron chi connectivity index (χ0n) is 14.6. The van der Waals surface area contributed by atoms with E-state index in [0.29, 0.717) is 22.9 Å². The van der Waals surface area contributed by atoms with Crippen LogP contribution in [0, 0.1) is 0 Å². The molecular weight excluding hydrogens is 354 g/mol. The second-order valence-corrected chi connectivity index (χ2v) is 7.20. The van der Waals surface area contributed by atoms with Crippen LogP contribution in [0.1, 0.15) is 0 Å². The third-order valence-electron chi connectivity index (χ3n) is 3.78. The van der Waals surface area contributed by atoms with Crippen LogP contribution in [-0.2, 0) is 17.1 Å². The molecule has 7 nitrogen and oxygen atoms in total. The highest BCUT2D eigenvalue weighted by Crippen LogP contribution is 2.32. The number of aromatic nitrogens is 2. The molecule has 0 unspecified atom stereocenters. The molecule has 0 atom stereocenters. The second kappa shape index (κ2) is 7.09. The Hall–Kier alpha value is -3.00. The SMILES string of the molecule is COc1ccc(NS(=O)(=O)c2cn(C)nc2-c2ccccc2)c(OC)c1. The fraction of sp³-hybridized carbons (Fsp3) is 0.167. The molecule has 0 aliphatic heterocycles. The largest absolute Gasteiger partial charge is 0.497 e. The van der Waals surface area contributed by atoms with Crippen molar-refractivity contribution in [2.45, 2.75) is 4.90 Å². The number of ether oxygens (including phenoxy) is 2. The first-order valence-electron chi connectivity index (χ1n) is 7.78. The minimum Gasteiger partial charge on any atom is -0.497 e. The van der Waals surface area contributed by atoms with Crippen molar-refractivity contribution in [3.63, 3.8) is 0 Å². The van der Waals surface area contributed by atoms with Crippen molar-refractivity contribution in [1.29, 1.82) is 0 Å². The molecule has 1 heterocycles. The Bertz CT molecular complexity index is 1010. The van der Waals surface area contributed by atoms with Crippen molar-refractivity contribution < 1.29 is 17.9 Å². The van der Waals surface area contributed by atoms with E-state index in [1.807, 2.05) is 30.3 Å². The predicted octanol–water partition coefficient (Wildman–Crippen LogP) is 2.91. The van der Waals surface area contributed by atoms with Gasteiger partial charge in [-0.05, 0) is 12.1 Å². The van der Waals surface area contributed by atoms with Gasteiger partial charge in [0.2, 0.25) is 0 Å². The second-order valence-electron chi connectivity index (χ2n) is 5.55. The van der Waals surface area contributed by atoms with Crippen molar-refractivity contribution in [2.75, 3.05) is 18.9 Å². The molecule has 8 heteroatoms. The van der Waals surface area contributed by atoms with Crippen LogP contribution in [-0.4, -0.2) is 32.4 Å². The van der Waals surface area contributed by atoms with Gasteiger partial charge in [-0.3, -0.25) is 9.40 Å². The van der Waals surface area contributed by atoms with Gasteiger partial charge in [0.25, 0.3) is 10.0 Å². The Kier molecular flexibility index (Phi) is 4.85. The van der Waals surface area contributed by atoms with Crippen LogP contribution in [0.5, 0.6) is 11.5 Å². The zero-order valence-corrected chi connectivity index (χ0v) is 15.4. The summed E-state index contributed by atoms with van der Waals surface area (Å²) in [7, 11) is 0.795. The molecule has 2 aromatic carbocycles. The molecule has 0 fully saturated rings. The molecule has 0 aliphatic carbocycles. The van der Waals surface area contributed by atoms with E-state index in [-0.39, 0.29) is 4.90 Å². The third kappa shape index (κ3) is 3.50. The molecular formula is C18H19N3O4S. The van der Waals surface area contributed by atoms with Crippen LogP contribution in [0.15, 0.2) is 59.6 Å². The quantitative estimate of drug-likeness (QED) is 0.718. The monoisotopic (exact) mass is 373 g/mol. The first kappa shape index (κ1) is 17.8. The first-order chi connectivity index (χ1) is 12.4.